The van der Waals surface area contributed by atoms with Gasteiger partial charge in [0.1, 0.15) is 11.2 Å². The standard InChI is InChI=1S/C56H36N2O/c1-2-13-43(14-3-1)58-53-18-8-6-16-47(53)51-35-42(29-34-54(51)58)39-23-21-37(22-24-39)38-25-30-44(31-26-38)57(52-19-10-12-40-11-4-5-15-46(40)52)45-32-27-41-28-33-49-48-17-7-9-20-55(48)59-56(49)50(41)36-45/h1-36H. The normalized spacial score (nSPS) is 11.7. The average Bonchev–Trinajstić information content (AvgIpc) is 3.86. The fourth-order valence-corrected chi connectivity index (χ4v) is 9.13. The molecule has 12 rings (SSSR count). The summed E-state index contributed by atoms with van der Waals surface area (Å²) < 4.78 is 8.88. The number of anilines is 3. The summed E-state index contributed by atoms with van der Waals surface area (Å²) in [6.07, 6.45) is 0. The van der Waals surface area contributed by atoms with Gasteiger partial charge in [-0.2, -0.15) is 0 Å². The zero-order valence-electron chi connectivity index (χ0n) is 32.1. The molecular weight excluding hydrogens is 717 g/mol. The van der Waals surface area contributed by atoms with Crippen molar-refractivity contribution in [3.63, 3.8) is 0 Å². The van der Waals surface area contributed by atoms with Crippen molar-refractivity contribution in [3.05, 3.63) is 218 Å². The number of hydrogen-bond donors (Lipinski definition) is 0. The van der Waals surface area contributed by atoms with E-state index in [2.05, 4.69) is 216 Å². The van der Waals surface area contributed by atoms with E-state index >= 15 is 0 Å². The molecule has 10 aromatic carbocycles. The highest BCUT2D eigenvalue weighted by Crippen LogP contribution is 2.43. The molecule has 3 heteroatoms. The maximum absolute atomic E-state index is 6.52. The number of aromatic nitrogens is 1. The van der Waals surface area contributed by atoms with E-state index in [0.717, 1.165) is 49.8 Å². The number of fused-ring (bicyclic) bond motifs is 9. The molecule has 2 aromatic heterocycles. The first-order valence-electron chi connectivity index (χ1n) is 20.2. The van der Waals surface area contributed by atoms with Crippen LogP contribution in [0.15, 0.2) is 223 Å². The van der Waals surface area contributed by atoms with Crippen molar-refractivity contribution in [2.75, 3.05) is 4.90 Å². The smallest absolute Gasteiger partial charge is 0.143 e. The molecule has 0 fully saturated rings. The van der Waals surface area contributed by atoms with E-state index in [4.69, 9.17) is 4.42 Å². The van der Waals surface area contributed by atoms with Crippen LogP contribution >= 0.6 is 0 Å². The maximum Gasteiger partial charge on any atom is 0.143 e. The average molecular weight is 753 g/mol. The molecule has 0 N–H and O–H groups in total. The number of furan rings is 1. The van der Waals surface area contributed by atoms with Crippen LogP contribution in [0.25, 0.3) is 93.2 Å². The zero-order valence-corrected chi connectivity index (χ0v) is 32.1. The molecule has 0 aliphatic carbocycles. The molecule has 0 saturated carbocycles. The van der Waals surface area contributed by atoms with Crippen molar-refractivity contribution in [2.45, 2.75) is 0 Å². The molecule has 0 radical (unpaired) electrons. The molecule has 276 valence electrons. The zero-order chi connectivity index (χ0) is 38.9. The number of para-hydroxylation sites is 3. The molecule has 0 spiro atoms. The highest BCUT2D eigenvalue weighted by atomic mass is 16.3. The Bertz CT molecular complexity index is 3540. The van der Waals surface area contributed by atoms with Gasteiger partial charge in [-0.15, -0.1) is 0 Å². The first kappa shape index (κ1) is 33.3. The Kier molecular flexibility index (Phi) is 7.54. The Balaban J connectivity index is 0.923. The van der Waals surface area contributed by atoms with Crippen LogP contribution in [-0.2, 0) is 0 Å². The Morgan fingerprint density at radius 3 is 1.76 bits per heavy atom. The predicted molar refractivity (Wildman–Crippen MR) is 249 cm³/mol. The van der Waals surface area contributed by atoms with E-state index in [1.54, 1.807) is 0 Å². The summed E-state index contributed by atoms with van der Waals surface area (Å²) in [6.45, 7) is 0. The second-order valence-electron chi connectivity index (χ2n) is 15.3. The molecule has 12 aromatic rings. The quantitative estimate of drug-likeness (QED) is 0.169. The van der Waals surface area contributed by atoms with Gasteiger partial charge in [0.15, 0.2) is 0 Å². The molecular formula is C56H36N2O. The van der Waals surface area contributed by atoms with Crippen molar-refractivity contribution < 1.29 is 4.42 Å². The summed E-state index contributed by atoms with van der Waals surface area (Å²) in [5.74, 6) is 0. The minimum absolute atomic E-state index is 0.906. The van der Waals surface area contributed by atoms with Crippen molar-refractivity contribution in [3.8, 4) is 27.9 Å². The van der Waals surface area contributed by atoms with E-state index < -0.39 is 0 Å². The van der Waals surface area contributed by atoms with Gasteiger partial charge in [0.25, 0.3) is 0 Å². The van der Waals surface area contributed by atoms with Crippen molar-refractivity contribution in [1.82, 2.24) is 4.57 Å². The second-order valence-corrected chi connectivity index (χ2v) is 15.3. The third-order valence-corrected chi connectivity index (χ3v) is 12.0. The Morgan fingerprint density at radius 2 is 0.932 bits per heavy atom. The van der Waals surface area contributed by atoms with Crippen LogP contribution in [0.2, 0.25) is 0 Å². The van der Waals surface area contributed by atoms with Gasteiger partial charge >= 0.3 is 0 Å². The lowest BCUT2D eigenvalue weighted by atomic mass is 9.98. The van der Waals surface area contributed by atoms with E-state index in [9.17, 15) is 0 Å². The van der Waals surface area contributed by atoms with E-state index in [1.807, 2.05) is 12.1 Å². The summed E-state index contributed by atoms with van der Waals surface area (Å²) in [7, 11) is 0. The van der Waals surface area contributed by atoms with Gasteiger partial charge in [0.05, 0.1) is 16.7 Å². The molecule has 0 bridgehead atoms. The lowest BCUT2D eigenvalue weighted by molar-refractivity contribution is 0.672. The van der Waals surface area contributed by atoms with Crippen LogP contribution in [-0.4, -0.2) is 4.57 Å². The third kappa shape index (κ3) is 5.44. The maximum atomic E-state index is 6.52. The molecule has 2 heterocycles. The van der Waals surface area contributed by atoms with E-state index in [1.165, 1.54) is 60.5 Å². The summed E-state index contributed by atoms with van der Waals surface area (Å²) in [5.41, 5.74) is 13.4. The molecule has 0 saturated heterocycles. The first-order chi connectivity index (χ1) is 29.2. The van der Waals surface area contributed by atoms with Gasteiger partial charge < -0.3 is 13.9 Å². The minimum atomic E-state index is 0.906. The van der Waals surface area contributed by atoms with Gasteiger partial charge in [-0.25, -0.2) is 0 Å². The van der Waals surface area contributed by atoms with Crippen molar-refractivity contribution >= 4 is 82.4 Å². The Labute approximate surface area is 341 Å². The van der Waals surface area contributed by atoms with Gasteiger partial charge in [-0.3, -0.25) is 0 Å². The predicted octanol–water partition coefficient (Wildman–Crippen LogP) is 15.8. The Morgan fingerprint density at radius 1 is 0.339 bits per heavy atom. The van der Waals surface area contributed by atoms with E-state index in [0.29, 0.717) is 0 Å². The van der Waals surface area contributed by atoms with Gasteiger partial charge in [0.2, 0.25) is 0 Å². The number of benzene rings is 10. The number of rotatable bonds is 6. The Hall–Kier alpha value is -7.88. The lowest BCUT2D eigenvalue weighted by Gasteiger charge is -2.27. The lowest BCUT2D eigenvalue weighted by Crippen LogP contribution is -2.10. The summed E-state index contributed by atoms with van der Waals surface area (Å²) in [5, 5.41) is 9.42. The topological polar surface area (TPSA) is 21.3 Å². The fraction of sp³-hybridized carbons (Fsp3) is 0. The molecule has 0 atom stereocenters. The second kappa shape index (κ2) is 13.4. The van der Waals surface area contributed by atoms with Crippen molar-refractivity contribution in [1.29, 1.82) is 0 Å². The monoisotopic (exact) mass is 752 g/mol. The molecule has 0 aliphatic rings. The third-order valence-electron chi connectivity index (χ3n) is 12.0. The largest absolute Gasteiger partial charge is 0.455 e. The van der Waals surface area contributed by atoms with Crippen LogP contribution in [0.4, 0.5) is 17.1 Å². The van der Waals surface area contributed by atoms with Crippen LogP contribution in [0.3, 0.4) is 0 Å². The molecule has 0 aliphatic heterocycles. The number of nitrogens with zero attached hydrogens (tertiary/aromatic N) is 2. The van der Waals surface area contributed by atoms with Crippen LogP contribution in [0, 0.1) is 0 Å². The fourth-order valence-electron chi connectivity index (χ4n) is 9.13. The van der Waals surface area contributed by atoms with E-state index in [-0.39, 0.29) is 0 Å². The summed E-state index contributed by atoms with van der Waals surface area (Å²) in [4.78, 5) is 2.38. The first-order valence-corrected chi connectivity index (χ1v) is 20.2. The molecule has 0 amide bonds. The number of hydrogen-bond acceptors (Lipinski definition) is 2. The molecule has 3 nitrogen and oxygen atoms in total. The van der Waals surface area contributed by atoms with Gasteiger partial charge in [-0.1, -0.05) is 146 Å². The molecule has 0 unspecified atom stereocenters. The highest BCUT2D eigenvalue weighted by Gasteiger charge is 2.19. The van der Waals surface area contributed by atoms with Crippen molar-refractivity contribution in [2.24, 2.45) is 0 Å². The van der Waals surface area contributed by atoms with Crippen LogP contribution in [0.1, 0.15) is 0 Å². The van der Waals surface area contributed by atoms with Gasteiger partial charge in [0, 0.05) is 49.4 Å². The van der Waals surface area contributed by atoms with Crippen LogP contribution in [0.5, 0.6) is 0 Å². The highest BCUT2D eigenvalue weighted by molar-refractivity contribution is 6.16. The summed E-state index contributed by atoms with van der Waals surface area (Å²) in [6, 6.07) is 78.7. The minimum Gasteiger partial charge on any atom is -0.455 e. The molecule has 59 heavy (non-hydrogen) atoms. The SMILES string of the molecule is c1ccc(-n2c3ccccc3c3cc(-c4ccc(-c5ccc(N(c6ccc7ccc8c9ccccc9oc8c7c6)c6cccc7ccccc67)cc5)cc4)ccc32)cc1. The van der Waals surface area contributed by atoms with Gasteiger partial charge in [-0.05, 0) is 106 Å². The van der Waals surface area contributed by atoms with Crippen LogP contribution < -0.4 is 4.90 Å². The summed E-state index contributed by atoms with van der Waals surface area (Å²) >= 11 is 0.